The van der Waals surface area contributed by atoms with Crippen LogP contribution in [0.1, 0.15) is 35.8 Å². The van der Waals surface area contributed by atoms with Crippen LogP contribution in [-0.4, -0.2) is 42.2 Å². The number of aryl methyl sites for hydroxylation is 1. The molecule has 2 rings (SSSR count). The zero-order chi connectivity index (χ0) is 14.8. The van der Waals surface area contributed by atoms with Crippen LogP contribution in [0.4, 0.5) is 0 Å². The highest BCUT2D eigenvalue weighted by atomic mass is 32.2. The third-order valence-electron chi connectivity index (χ3n) is 3.66. The van der Waals surface area contributed by atoms with Gasteiger partial charge < -0.3 is 5.32 Å². The van der Waals surface area contributed by atoms with Crippen molar-refractivity contribution in [3.63, 3.8) is 0 Å². The van der Waals surface area contributed by atoms with E-state index >= 15 is 0 Å². The van der Waals surface area contributed by atoms with Gasteiger partial charge in [-0.25, -0.2) is 8.42 Å². The Morgan fingerprint density at radius 2 is 2.30 bits per heavy atom. The lowest BCUT2D eigenvalue weighted by atomic mass is 10.1. The van der Waals surface area contributed by atoms with Gasteiger partial charge in [0.25, 0.3) is 5.91 Å². The summed E-state index contributed by atoms with van der Waals surface area (Å²) in [5.74, 6) is 0.284. The Morgan fingerprint density at radius 1 is 1.55 bits per heavy atom. The van der Waals surface area contributed by atoms with Crippen molar-refractivity contribution in [2.45, 2.75) is 33.2 Å². The van der Waals surface area contributed by atoms with Gasteiger partial charge in [0.1, 0.15) is 0 Å². The highest BCUT2D eigenvalue weighted by Gasteiger charge is 2.28. The van der Waals surface area contributed by atoms with Gasteiger partial charge in [0, 0.05) is 18.8 Å². The Morgan fingerprint density at radius 3 is 2.90 bits per heavy atom. The van der Waals surface area contributed by atoms with E-state index in [2.05, 4.69) is 17.3 Å². The molecule has 1 atom stereocenters. The summed E-state index contributed by atoms with van der Waals surface area (Å²) in [6, 6.07) is 0. The first-order valence-electron chi connectivity index (χ1n) is 6.94. The van der Waals surface area contributed by atoms with Gasteiger partial charge in [0.05, 0.1) is 23.3 Å². The Labute approximate surface area is 119 Å². The molecule has 1 amide bonds. The predicted molar refractivity (Wildman–Crippen MR) is 76.3 cm³/mol. The molecule has 1 N–H and O–H groups in total. The first kappa shape index (κ1) is 15.0. The molecule has 0 saturated carbocycles. The zero-order valence-corrected chi connectivity index (χ0v) is 12.7. The largest absolute Gasteiger partial charge is 0.352 e. The predicted octanol–water partition coefficient (Wildman–Crippen LogP) is 0.766. The molecule has 20 heavy (non-hydrogen) atoms. The second-order valence-corrected chi connectivity index (χ2v) is 7.57. The van der Waals surface area contributed by atoms with Crippen molar-refractivity contribution >= 4 is 15.7 Å². The summed E-state index contributed by atoms with van der Waals surface area (Å²) in [5.41, 5.74) is 1.42. The van der Waals surface area contributed by atoms with Gasteiger partial charge in [-0.15, -0.1) is 0 Å². The summed E-state index contributed by atoms with van der Waals surface area (Å²) in [6.07, 6.45) is 3.17. The van der Waals surface area contributed by atoms with E-state index in [-0.39, 0.29) is 23.3 Å². The van der Waals surface area contributed by atoms with E-state index in [0.29, 0.717) is 18.5 Å². The lowest BCUT2D eigenvalue weighted by Crippen LogP contribution is -2.30. The van der Waals surface area contributed by atoms with Crippen molar-refractivity contribution < 1.29 is 13.2 Å². The van der Waals surface area contributed by atoms with Crippen LogP contribution < -0.4 is 5.32 Å². The first-order valence-corrected chi connectivity index (χ1v) is 8.76. The molecule has 1 saturated heterocycles. The molecule has 0 radical (unpaired) electrons. The highest BCUT2D eigenvalue weighted by molar-refractivity contribution is 7.91. The van der Waals surface area contributed by atoms with Crippen LogP contribution in [0.5, 0.6) is 0 Å². The monoisotopic (exact) mass is 299 g/mol. The lowest BCUT2D eigenvalue weighted by molar-refractivity contribution is 0.0947. The van der Waals surface area contributed by atoms with E-state index < -0.39 is 9.84 Å². The van der Waals surface area contributed by atoms with Gasteiger partial charge in [-0.1, -0.05) is 6.92 Å². The minimum atomic E-state index is -2.89. The van der Waals surface area contributed by atoms with Gasteiger partial charge >= 0.3 is 0 Å². The van der Waals surface area contributed by atoms with Gasteiger partial charge in [0.15, 0.2) is 9.84 Å². The molecule has 0 aromatic carbocycles. The van der Waals surface area contributed by atoms with E-state index in [4.69, 9.17) is 0 Å². The minimum Gasteiger partial charge on any atom is -0.352 e. The third kappa shape index (κ3) is 3.39. The Bertz CT molecular complexity index is 592. The van der Waals surface area contributed by atoms with Crippen LogP contribution in [0.3, 0.4) is 0 Å². The van der Waals surface area contributed by atoms with Gasteiger partial charge in [-0.05, 0) is 25.7 Å². The smallest absolute Gasteiger partial charge is 0.254 e. The zero-order valence-electron chi connectivity index (χ0n) is 11.9. The molecular formula is C13H21N3O3S. The number of amides is 1. The first-order chi connectivity index (χ1) is 9.43. The summed E-state index contributed by atoms with van der Waals surface area (Å²) < 4.78 is 24.5. The molecule has 0 bridgehead atoms. The number of aromatic nitrogens is 2. The summed E-state index contributed by atoms with van der Waals surface area (Å²) in [5, 5.41) is 7.01. The maximum atomic E-state index is 12.1. The maximum Gasteiger partial charge on any atom is 0.254 e. The number of carbonyl (C=O) groups is 1. The second-order valence-electron chi connectivity index (χ2n) is 5.35. The average Bonchev–Trinajstić information content (AvgIpc) is 2.91. The van der Waals surface area contributed by atoms with Crippen LogP contribution in [0.2, 0.25) is 0 Å². The molecule has 112 valence electrons. The number of rotatable bonds is 5. The van der Waals surface area contributed by atoms with E-state index in [0.717, 1.165) is 18.7 Å². The van der Waals surface area contributed by atoms with Crippen LogP contribution in [-0.2, 0) is 16.4 Å². The number of nitrogens with zero attached hydrogens (tertiary/aromatic N) is 2. The molecular weight excluding hydrogens is 278 g/mol. The lowest BCUT2D eigenvalue weighted by Gasteiger charge is -2.09. The maximum absolute atomic E-state index is 12.1. The number of hydrogen-bond acceptors (Lipinski definition) is 4. The average molecular weight is 299 g/mol. The number of hydrogen-bond donors (Lipinski definition) is 1. The molecule has 1 aliphatic rings. The summed E-state index contributed by atoms with van der Waals surface area (Å²) >= 11 is 0. The van der Waals surface area contributed by atoms with Crippen molar-refractivity contribution in [1.82, 2.24) is 15.1 Å². The molecule has 7 heteroatoms. The van der Waals surface area contributed by atoms with E-state index in [1.807, 2.05) is 11.6 Å². The van der Waals surface area contributed by atoms with Crippen molar-refractivity contribution in [3.8, 4) is 0 Å². The van der Waals surface area contributed by atoms with Gasteiger partial charge in [-0.3, -0.25) is 9.48 Å². The van der Waals surface area contributed by atoms with Gasteiger partial charge in [-0.2, -0.15) is 5.10 Å². The van der Waals surface area contributed by atoms with Crippen LogP contribution in [0.25, 0.3) is 0 Å². The van der Waals surface area contributed by atoms with E-state index in [1.54, 1.807) is 6.20 Å². The Hall–Kier alpha value is -1.37. The molecule has 1 aliphatic heterocycles. The molecule has 0 aliphatic carbocycles. The summed E-state index contributed by atoms with van der Waals surface area (Å²) in [7, 11) is -2.89. The summed E-state index contributed by atoms with van der Waals surface area (Å²) in [4.78, 5) is 12.1. The van der Waals surface area contributed by atoms with Crippen molar-refractivity contribution in [3.05, 3.63) is 17.5 Å². The normalized spacial score (nSPS) is 21.0. The molecule has 1 fully saturated rings. The van der Waals surface area contributed by atoms with Crippen LogP contribution >= 0.6 is 0 Å². The Balaban J connectivity index is 1.92. The topological polar surface area (TPSA) is 81.1 Å². The van der Waals surface area contributed by atoms with Crippen LogP contribution in [0.15, 0.2) is 6.20 Å². The van der Waals surface area contributed by atoms with Crippen LogP contribution in [0, 0.1) is 12.8 Å². The fourth-order valence-corrected chi connectivity index (χ4v) is 4.33. The molecule has 1 aromatic rings. The molecule has 0 spiro atoms. The fourth-order valence-electron chi connectivity index (χ4n) is 2.47. The van der Waals surface area contributed by atoms with Crippen molar-refractivity contribution in [1.29, 1.82) is 0 Å². The molecule has 0 unspecified atom stereocenters. The Kier molecular flexibility index (Phi) is 4.47. The van der Waals surface area contributed by atoms with E-state index in [1.165, 1.54) is 0 Å². The number of sulfone groups is 1. The molecule has 6 nitrogen and oxygen atoms in total. The number of carbonyl (C=O) groups excluding carboxylic acids is 1. The molecule has 1 aromatic heterocycles. The quantitative estimate of drug-likeness (QED) is 0.870. The fraction of sp³-hybridized carbons (Fsp3) is 0.692. The number of nitrogens with one attached hydrogen (secondary N) is 1. The van der Waals surface area contributed by atoms with Gasteiger partial charge in [0.2, 0.25) is 0 Å². The van der Waals surface area contributed by atoms with Crippen molar-refractivity contribution in [2.75, 3.05) is 18.1 Å². The summed E-state index contributed by atoms with van der Waals surface area (Å²) in [6.45, 7) is 5.13. The molecule has 2 heterocycles. The standard InChI is InChI=1S/C13H21N3O3S/c1-3-5-16-10(2)12(8-15-16)13(17)14-7-11-4-6-20(18,19)9-11/h8,11H,3-7,9H2,1-2H3,(H,14,17)/t11-/m0/s1. The third-order valence-corrected chi connectivity index (χ3v) is 5.50. The van der Waals surface area contributed by atoms with E-state index in [9.17, 15) is 13.2 Å². The SMILES string of the molecule is CCCn1ncc(C(=O)NC[C@@H]2CCS(=O)(=O)C2)c1C. The highest BCUT2D eigenvalue weighted by Crippen LogP contribution is 2.17. The van der Waals surface area contributed by atoms with Crippen molar-refractivity contribution in [2.24, 2.45) is 5.92 Å². The second kappa shape index (κ2) is 5.95. The minimum absolute atomic E-state index is 0.0370.